The predicted molar refractivity (Wildman–Crippen MR) is 81.3 cm³/mol. The fraction of sp³-hybridized carbons (Fsp3) is 0.500. The Bertz CT molecular complexity index is 479. The van der Waals surface area contributed by atoms with Crippen LogP contribution in [0, 0.1) is 0 Å². The van der Waals surface area contributed by atoms with Gasteiger partial charge in [-0.3, -0.25) is 4.79 Å². The normalized spacial score (nSPS) is 15.3. The summed E-state index contributed by atoms with van der Waals surface area (Å²) < 4.78 is 4.64. The van der Waals surface area contributed by atoms with Crippen LogP contribution in [0.3, 0.4) is 0 Å². The summed E-state index contributed by atoms with van der Waals surface area (Å²) in [6.45, 7) is 0.244. The molecule has 21 heavy (non-hydrogen) atoms. The first kappa shape index (κ1) is 15.4. The van der Waals surface area contributed by atoms with E-state index in [2.05, 4.69) is 15.4 Å². The van der Waals surface area contributed by atoms with E-state index in [4.69, 9.17) is 0 Å². The van der Waals surface area contributed by atoms with E-state index in [1.807, 2.05) is 0 Å². The first-order chi connectivity index (χ1) is 10.2. The Kier molecular flexibility index (Phi) is 5.60. The fourth-order valence-corrected chi connectivity index (χ4v) is 2.55. The molecule has 0 atom stereocenters. The lowest BCUT2D eigenvalue weighted by Gasteiger charge is -2.22. The van der Waals surface area contributed by atoms with Gasteiger partial charge in [-0.1, -0.05) is 19.3 Å². The number of hydrogen-bond donors (Lipinski definition) is 2. The number of carbonyl (C=O) groups is 2. The van der Waals surface area contributed by atoms with Gasteiger partial charge in [0.15, 0.2) is 0 Å². The van der Waals surface area contributed by atoms with Crippen LogP contribution >= 0.6 is 0 Å². The van der Waals surface area contributed by atoms with Gasteiger partial charge in [0, 0.05) is 11.7 Å². The molecule has 2 rings (SSSR count). The molecule has 5 nitrogen and oxygen atoms in total. The summed E-state index contributed by atoms with van der Waals surface area (Å²) in [5.74, 6) is -0.351. The van der Waals surface area contributed by atoms with Crippen molar-refractivity contribution >= 4 is 17.6 Å². The lowest BCUT2D eigenvalue weighted by molar-refractivity contribution is -0.120. The number of amides is 1. The largest absolute Gasteiger partial charge is 0.465 e. The van der Waals surface area contributed by atoms with E-state index in [0.29, 0.717) is 11.6 Å². The van der Waals surface area contributed by atoms with Gasteiger partial charge in [-0.2, -0.15) is 0 Å². The molecule has 1 fully saturated rings. The molecule has 0 unspecified atom stereocenters. The van der Waals surface area contributed by atoms with Crippen molar-refractivity contribution in [3.8, 4) is 0 Å². The third kappa shape index (κ3) is 4.77. The summed E-state index contributed by atoms with van der Waals surface area (Å²) in [7, 11) is 1.35. The number of nitrogens with one attached hydrogen (secondary N) is 2. The number of hydrogen-bond acceptors (Lipinski definition) is 4. The molecular formula is C16H22N2O3. The van der Waals surface area contributed by atoms with E-state index in [1.165, 1.54) is 26.4 Å². The van der Waals surface area contributed by atoms with Crippen LogP contribution in [0.1, 0.15) is 42.5 Å². The summed E-state index contributed by atoms with van der Waals surface area (Å²) in [5.41, 5.74) is 1.30. The van der Waals surface area contributed by atoms with E-state index < -0.39 is 0 Å². The molecule has 0 radical (unpaired) electrons. The van der Waals surface area contributed by atoms with Gasteiger partial charge in [0.05, 0.1) is 19.2 Å². The van der Waals surface area contributed by atoms with E-state index in [0.717, 1.165) is 18.5 Å². The monoisotopic (exact) mass is 290 g/mol. The van der Waals surface area contributed by atoms with Crippen molar-refractivity contribution in [1.29, 1.82) is 0 Å². The molecule has 0 saturated heterocycles. The van der Waals surface area contributed by atoms with Gasteiger partial charge in [-0.05, 0) is 37.1 Å². The number of carbonyl (C=O) groups excluding carboxylic acids is 2. The third-order valence-corrected chi connectivity index (χ3v) is 3.73. The number of anilines is 1. The summed E-state index contributed by atoms with van der Waals surface area (Å²) in [6.07, 6.45) is 5.84. The molecule has 5 heteroatoms. The van der Waals surface area contributed by atoms with Gasteiger partial charge in [0.25, 0.3) is 0 Å². The van der Waals surface area contributed by atoms with Crippen molar-refractivity contribution in [1.82, 2.24) is 5.32 Å². The van der Waals surface area contributed by atoms with Crippen molar-refractivity contribution in [2.45, 2.75) is 38.1 Å². The number of benzene rings is 1. The van der Waals surface area contributed by atoms with Gasteiger partial charge in [-0.25, -0.2) is 4.79 Å². The van der Waals surface area contributed by atoms with E-state index >= 15 is 0 Å². The number of rotatable bonds is 5. The minimum Gasteiger partial charge on any atom is -0.465 e. The number of methoxy groups -OCH3 is 1. The van der Waals surface area contributed by atoms with E-state index in [9.17, 15) is 9.59 Å². The van der Waals surface area contributed by atoms with Gasteiger partial charge < -0.3 is 15.4 Å². The van der Waals surface area contributed by atoms with Crippen molar-refractivity contribution in [2.24, 2.45) is 0 Å². The van der Waals surface area contributed by atoms with Gasteiger partial charge in [0.1, 0.15) is 0 Å². The summed E-state index contributed by atoms with van der Waals surface area (Å²) >= 11 is 0. The molecule has 0 spiro atoms. The first-order valence-corrected chi connectivity index (χ1v) is 7.40. The number of ether oxygens (including phenoxy) is 1. The van der Waals surface area contributed by atoms with Crippen LogP contribution in [0.5, 0.6) is 0 Å². The summed E-state index contributed by atoms with van der Waals surface area (Å²) in [5, 5.41) is 6.11. The molecule has 1 aliphatic carbocycles. The van der Waals surface area contributed by atoms with Crippen molar-refractivity contribution in [2.75, 3.05) is 19.0 Å². The maximum absolute atomic E-state index is 11.9. The maximum Gasteiger partial charge on any atom is 0.337 e. The Balaban J connectivity index is 1.76. The van der Waals surface area contributed by atoms with E-state index in [-0.39, 0.29) is 18.4 Å². The molecule has 1 amide bonds. The van der Waals surface area contributed by atoms with Crippen LogP contribution in [0.2, 0.25) is 0 Å². The van der Waals surface area contributed by atoms with Crippen LogP contribution in [-0.4, -0.2) is 31.6 Å². The quantitative estimate of drug-likeness (QED) is 0.817. The van der Waals surface area contributed by atoms with Crippen LogP contribution < -0.4 is 10.6 Å². The smallest absolute Gasteiger partial charge is 0.337 e. The average Bonchev–Trinajstić information content (AvgIpc) is 2.53. The maximum atomic E-state index is 11.9. The Labute approximate surface area is 125 Å². The molecule has 114 valence electrons. The lowest BCUT2D eigenvalue weighted by atomic mass is 9.95. The fourth-order valence-electron chi connectivity index (χ4n) is 2.55. The second-order valence-electron chi connectivity index (χ2n) is 5.32. The Morgan fingerprint density at radius 3 is 2.43 bits per heavy atom. The zero-order valence-corrected chi connectivity index (χ0v) is 12.4. The summed E-state index contributed by atoms with van der Waals surface area (Å²) in [4.78, 5) is 23.2. The van der Waals surface area contributed by atoms with Crippen LogP contribution in [-0.2, 0) is 9.53 Å². The molecule has 1 aliphatic rings. The van der Waals surface area contributed by atoms with Gasteiger partial charge >= 0.3 is 5.97 Å². The predicted octanol–water partition coefficient (Wildman–Crippen LogP) is 2.33. The SMILES string of the molecule is COC(=O)c1ccc(NCC(=O)NC2CCCCC2)cc1. The molecule has 1 saturated carbocycles. The van der Waals surface area contributed by atoms with E-state index in [1.54, 1.807) is 24.3 Å². The topological polar surface area (TPSA) is 67.4 Å². The lowest BCUT2D eigenvalue weighted by Crippen LogP contribution is -2.39. The minimum absolute atomic E-state index is 0.0129. The number of esters is 1. The average molecular weight is 290 g/mol. The molecule has 1 aromatic carbocycles. The third-order valence-electron chi connectivity index (χ3n) is 3.73. The van der Waals surface area contributed by atoms with Crippen molar-refractivity contribution < 1.29 is 14.3 Å². The zero-order valence-electron chi connectivity index (χ0n) is 12.4. The Hall–Kier alpha value is -2.04. The molecule has 0 bridgehead atoms. The second-order valence-corrected chi connectivity index (χ2v) is 5.32. The molecule has 0 heterocycles. The Morgan fingerprint density at radius 1 is 1.14 bits per heavy atom. The van der Waals surface area contributed by atoms with Crippen LogP contribution in [0.15, 0.2) is 24.3 Å². The highest BCUT2D eigenvalue weighted by Gasteiger charge is 2.15. The van der Waals surface area contributed by atoms with Crippen molar-refractivity contribution in [3.05, 3.63) is 29.8 Å². The first-order valence-electron chi connectivity index (χ1n) is 7.40. The highest BCUT2D eigenvalue weighted by Crippen LogP contribution is 2.17. The van der Waals surface area contributed by atoms with Gasteiger partial charge in [-0.15, -0.1) is 0 Å². The summed E-state index contributed by atoms with van der Waals surface area (Å²) in [6, 6.07) is 7.20. The minimum atomic E-state index is -0.364. The molecule has 0 aromatic heterocycles. The highest BCUT2D eigenvalue weighted by atomic mass is 16.5. The van der Waals surface area contributed by atoms with Crippen molar-refractivity contribution in [3.63, 3.8) is 0 Å². The molecule has 1 aromatic rings. The molecule has 2 N–H and O–H groups in total. The van der Waals surface area contributed by atoms with Gasteiger partial charge in [0.2, 0.25) is 5.91 Å². The molecule has 0 aliphatic heterocycles. The zero-order chi connectivity index (χ0) is 15.1. The standard InChI is InChI=1S/C16H22N2O3/c1-21-16(20)12-7-9-13(10-8-12)17-11-15(19)18-14-5-3-2-4-6-14/h7-10,14,17H,2-6,11H2,1H3,(H,18,19). The highest BCUT2D eigenvalue weighted by molar-refractivity contribution is 5.89. The molecular weight excluding hydrogens is 268 g/mol. The van der Waals surface area contributed by atoms with Crippen LogP contribution in [0.4, 0.5) is 5.69 Å². The van der Waals surface area contributed by atoms with Crippen LogP contribution in [0.25, 0.3) is 0 Å². The second kappa shape index (κ2) is 7.67. The Morgan fingerprint density at radius 2 is 1.81 bits per heavy atom.